The third-order valence-electron chi connectivity index (χ3n) is 1.53. The summed E-state index contributed by atoms with van der Waals surface area (Å²) in [7, 11) is 1.96. The Morgan fingerprint density at radius 1 is 1.67 bits per heavy atom. The minimum atomic E-state index is 0.518. The topological polar surface area (TPSA) is 37.8 Å². The molecule has 3 nitrogen and oxygen atoms in total. The SMILES string of the molecule is CNC(C)CSc1ccncn1. The Kier molecular flexibility index (Phi) is 4.04. The molecule has 66 valence electrons. The van der Waals surface area contributed by atoms with Crippen molar-refractivity contribution in [2.24, 2.45) is 0 Å². The monoisotopic (exact) mass is 183 g/mol. The number of nitrogens with zero attached hydrogens (tertiary/aromatic N) is 2. The van der Waals surface area contributed by atoms with E-state index < -0.39 is 0 Å². The van der Waals surface area contributed by atoms with Crippen LogP contribution in [0.5, 0.6) is 0 Å². The maximum atomic E-state index is 4.11. The van der Waals surface area contributed by atoms with Crippen LogP contribution in [-0.2, 0) is 0 Å². The fourth-order valence-corrected chi connectivity index (χ4v) is 1.52. The van der Waals surface area contributed by atoms with E-state index in [0.717, 1.165) is 10.8 Å². The molecule has 1 heterocycles. The van der Waals surface area contributed by atoms with Gasteiger partial charge in [-0.15, -0.1) is 11.8 Å². The Bertz CT molecular complexity index is 215. The molecule has 0 radical (unpaired) electrons. The smallest absolute Gasteiger partial charge is 0.116 e. The Hall–Kier alpha value is -0.610. The lowest BCUT2D eigenvalue weighted by Gasteiger charge is -2.07. The van der Waals surface area contributed by atoms with Crippen LogP contribution in [0.2, 0.25) is 0 Å². The van der Waals surface area contributed by atoms with Crippen LogP contribution in [0, 0.1) is 0 Å². The molecule has 0 aliphatic carbocycles. The summed E-state index contributed by atoms with van der Waals surface area (Å²) >= 11 is 1.74. The molecule has 0 aliphatic heterocycles. The first-order valence-corrected chi connectivity index (χ1v) is 4.87. The van der Waals surface area contributed by atoms with Gasteiger partial charge in [0.2, 0.25) is 0 Å². The average Bonchev–Trinajstić information content (AvgIpc) is 2.16. The Labute approximate surface area is 77.0 Å². The normalized spacial score (nSPS) is 12.8. The van der Waals surface area contributed by atoms with Gasteiger partial charge in [0.25, 0.3) is 0 Å². The highest BCUT2D eigenvalue weighted by atomic mass is 32.2. The maximum Gasteiger partial charge on any atom is 0.116 e. The first-order chi connectivity index (χ1) is 5.83. The van der Waals surface area contributed by atoms with Crippen molar-refractivity contribution < 1.29 is 0 Å². The van der Waals surface area contributed by atoms with E-state index in [1.807, 2.05) is 13.1 Å². The molecule has 0 saturated carbocycles. The molecule has 0 fully saturated rings. The van der Waals surface area contributed by atoms with Crippen LogP contribution in [0.3, 0.4) is 0 Å². The van der Waals surface area contributed by atoms with Gasteiger partial charge in [-0.2, -0.15) is 0 Å². The van der Waals surface area contributed by atoms with E-state index in [9.17, 15) is 0 Å². The van der Waals surface area contributed by atoms with Crippen molar-refractivity contribution in [3.05, 3.63) is 18.6 Å². The lowest BCUT2D eigenvalue weighted by Crippen LogP contribution is -2.23. The van der Waals surface area contributed by atoms with E-state index in [1.165, 1.54) is 0 Å². The predicted octanol–water partition coefficient (Wildman–Crippen LogP) is 1.18. The third kappa shape index (κ3) is 3.19. The second-order valence-corrected chi connectivity index (χ2v) is 3.59. The molecule has 1 aromatic rings. The molecule has 12 heavy (non-hydrogen) atoms. The molecule has 0 saturated heterocycles. The first kappa shape index (κ1) is 9.48. The van der Waals surface area contributed by atoms with Gasteiger partial charge in [-0.3, -0.25) is 0 Å². The molecule has 1 atom stereocenters. The quantitative estimate of drug-likeness (QED) is 0.562. The van der Waals surface area contributed by atoms with Crippen molar-refractivity contribution in [1.82, 2.24) is 15.3 Å². The van der Waals surface area contributed by atoms with Gasteiger partial charge in [-0.1, -0.05) is 0 Å². The second-order valence-electron chi connectivity index (χ2n) is 2.55. The summed E-state index contributed by atoms with van der Waals surface area (Å²) < 4.78 is 0. The number of hydrogen-bond acceptors (Lipinski definition) is 4. The van der Waals surface area contributed by atoms with E-state index in [-0.39, 0.29) is 0 Å². The zero-order chi connectivity index (χ0) is 8.81. The highest BCUT2D eigenvalue weighted by Crippen LogP contribution is 2.13. The van der Waals surface area contributed by atoms with Gasteiger partial charge in [0.05, 0.1) is 5.03 Å². The summed E-state index contributed by atoms with van der Waals surface area (Å²) in [5, 5.41) is 4.21. The zero-order valence-electron chi connectivity index (χ0n) is 7.32. The first-order valence-electron chi connectivity index (χ1n) is 3.89. The van der Waals surface area contributed by atoms with Crippen molar-refractivity contribution in [1.29, 1.82) is 0 Å². The molecule has 4 heteroatoms. The second kappa shape index (κ2) is 5.11. The maximum absolute atomic E-state index is 4.11. The van der Waals surface area contributed by atoms with Gasteiger partial charge in [0, 0.05) is 18.0 Å². The van der Waals surface area contributed by atoms with Crippen molar-refractivity contribution >= 4 is 11.8 Å². The molecule has 0 spiro atoms. The number of rotatable bonds is 4. The van der Waals surface area contributed by atoms with E-state index >= 15 is 0 Å². The van der Waals surface area contributed by atoms with Crippen LogP contribution < -0.4 is 5.32 Å². The number of nitrogens with one attached hydrogen (secondary N) is 1. The molecule has 1 N–H and O–H groups in total. The van der Waals surface area contributed by atoms with E-state index in [4.69, 9.17) is 0 Å². The molecule has 0 aliphatic rings. The van der Waals surface area contributed by atoms with Gasteiger partial charge in [0.15, 0.2) is 0 Å². The standard InChI is InChI=1S/C8H13N3S/c1-7(9-2)5-12-8-3-4-10-6-11-8/h3-4,6-7,9H,5H2,1-2H3. The summed E-state index contributed by atoms with van der Waals surface area (Å²) in [6.45, 7) is 2.15. The fraction of sp³-hybridized carbons (Fsp3) is 0.500. The summed E-state index contributed by atoms with van der Waals surface area (Å²) in [6, 6.07) is 2.44. The summed E-state index contributed by atoms with van der Waals surface area (Å²) in [4.78, 5) is 7.96. The molecule has 1 rings (SSSR count). The molecular formula is C8H13N3S. The molecule has 0 aromatic carbocycles. The predicted molar refractivity (Wildman–Crippen MR) is 51.3 cm³/mol. The van der Waals surface area contributed by atoms with Crippen molar-refractivity contribution in [2.45, 2.75) is 18.0 Å². The van der Waals surface area contributed by atoms with Crippen molar-refractivity contribution in [2.75, 3.05) is 12.8 Å². The van der Waals surface area contributed by atoms with Gasteiger partial charge < -0.3 is 5.32 Å². The van der Waals surface area contributed by atoms with Crippen LogP contribution in [0.1, 0.15) is 6.92 Å². The van der Waals surface area contributed by atoms with E-state index in [1.54, 1.807) is 24.3 Å². The highest BCUT2D eigenvalue weighted by Gasteiger charge is 1.99. The molecule has 1 aromatic heterocycles. The number of aromatic nitrogens is 2. The van der Waals surface area contributed by atoms with Gasteiger partial charge in [-0.05, 0) is 20.0 Å². The largest absolute Gasteiger partial charge is 0.316 e. The lowest BCUT2D eigenvalue weighted by molar-refractivity contribution is 0.677. The van der Waals surface area contributed by atoms with Crippen LogP contribution in [0.4, 0.5) is 0 Å². The molecule has 0 bridgehead atoms. The van der Waals surface area contributed by atoms with Crippen LogP contribution in [-0.4, -0.2) is 28.8 Å². The molecular weight excluding hydrogens is 170 g/mol. The Morgan fingerprint density at radius 3 is 3.08 bits per heavy atom. The third-order valence-corrected chi connectivity index (χ3v) is 2.73. The van der Waals surface area contributed by atoms with Crippen LogP contribution in [0.25, 0.3) is 0 Å². The summed E-state index contributed by atoms with van der Waals surface area (Å²) in [6.07, 6.45) is 3.34. The molecule has 0 amide bonds. The van der Waals surface area contributed by atoms with Crippen LogP contribution >= 0.6 is 11.8 Å². The van der Waals surface area contributed by atoms with Gasteiger partial charge >= 0.3 is 0 Å². The number of thioether (sulfide) groups is 1. The Balaban J connectivity index is 2.33. The zero-order valence-corrected chi connectivity index (χ0v) is 8.14. The van der Waals surface area contributed by atoms with E-state index in [0.29, 0.717) is 6.04 Å². The Morgan fingerprint density at radius 2 is 2.50 bits per heavy atom. The lowest BCUT2D eigenvalue weighted by atomic mass is 10.4. The number of hydrogen-bond donors (Lipinski definition) is 1. The minimum Gasteiger partial charge on any atom is -0.316 e. The fourth-order valence-electron chi connectivity index (χ4n) is 0.658. The summed E-state index contributed by atoms with van der Waals surface area (Å²) in [5.41, 5.74) is 0. The highest BCUT2D eigenvalue weighted by molar-refractivity contribution is 7.99. The average molecular weight is 183 g/mol. The summed E-state index contributed by atoms with van der Waals surface area (Å²) in [5.74, 6) is 1.04. The van der Waals surface area contributed by atoms with E-state index in [2.05, 4.69) is 22.2 Å². The van der Waals surface area contributed by atoms with Crippen molar-refractivity contribution in [3.63, 3.8) is 0 Å². The van der Waals surface area contributed by atoms with Crippen molar-refractivity contribution in [3.8, 4) is 0 Å². The molecule has 1 unspecified atom stereocenters. The van der Waals surface area contributed by atoms with Gasteiger partial charge in [0.1, 0.15) is 6.33 Å². The van der Waals surface area contributed by atoms with Gasteiger partial charge in [-0.25, -0.2) is 9.97 Å². The minimum absolute atomic E-state index is 0.518. The van der Waals surface area contributed by atoms with Crippen LogP contribution in [0.15, 0.2) is 23.6 Å².